The molecule has 2 fully saturated rings. The van der Waals surface area contributed by atoms with Crippen molar-refractivity contribution in [3.63, 3.8) is 0 Å². The molecule has 0 aromatic heterocycles. The molecule has 2 N–H and O–H groups in total. The van der Waals surface area contributed by atoms with Crippen molar-refractivity contribution in [2.24, 2.45) is 5.92 Å². The molecule has 5 nitrogen and oxygen atoms in total. The van der Waals surface area contributed by atoms with Gasteiger partial charge < -0.3 is 10.2 Å². The first kappa shape index (κ1) is 15.2. The second-order valence-electron chi connectivity index (χ2n) is 5.82. The Bertz CT molecular complexity index is 366. The molecule has 2 heterocycles. The van der Waals surface area contributed by atoms with Crippen LogP contribution in [0.4, 0.5) is 0 Å². The summed E-state index contributed by atoms with van der Waals surface area (Å²) >= 11 is 0. The lowest BCUT2D eigenvalue weighted by molar-refractivity contribution is 0.342. The summed E-state index contributed by atoms with van der Waals surface area (Å²) in [5.74, 6) is 0.714. The zero-order valence-electron chi connectivity index (χ0n) is 11.9. The van der Waals surface area contributed by atoms with Gasteiger partial charge in [-0.3, -0.25) is 0 Å². The predicted molar refractivity (Wildman–Crippen MR) is 77.7 cm³/mol. The van der Waals surface area contributed by atoms with Crippen LogP contribution in [0.1, 0.15) is 32.6 Å². The van der Waals surface area contributed by atoms with Gasteiger partial charge in [-0.1, -0.05) is 13.3 Å². The van der Waals surface area contributed by atoms with Crippen LogP contribution < -0.4 is 10.0 Å². The smallest absolute Gasteiger partial charge is 0.213 e. The molecule has 2 aliphatic rings. The van der Waals surface area contributed by atoms with E-state index in [0.29, 0.717) is 12.5 Å². The van der Waals surface area contributed by atoms with Gasteiger partial charge in [0, 0.05) is 19.1 Å². The van der Waals surface area contributed by atoms with E-state index in [-0.39, 0.29) is 11.8 Å². The Morgan fingerprint density at radius 2 is 2.16 bits per heavy atom. The summed E-state index contributed by atoms with van der Waals surface area (Å²) in [5.41, 5.74) is 0. The minimum atomic E-state index is -3.12. The van der Waals surface area contributed by atoms with Gasteiger partial charge in [0.25, 0.3) is 0 Å². The third-order valence-corrected chi connectivity index (χ3v) is 5.69. The molecule has 2 saturated heterocycles. The summed E-state index contributed by atoms with van der Waals surface area (Å²) in [7, 11) is -3.12. The second kappa shape index (κ2) is 7.02. The quantitative estimate of drug-likeness (QED) is 0.742. The van der Waals surface area contributed by atoms with Crippen molar-refractivity contribution in [2.45, 2.75) is 38.6 Å². The van der Waals surface area contributed by atoms with E-state index < -0.39 is 10.0 Å². The molecular weight excluding hydrogens is 262 g/mol. The van der Waals surface area contributed by atoms with Gasteiger partial charge in [-0.2, -0.15) is 0 Å². The summed E-state index contributed by atoms with van der Waals surface area (Å²) in [5, 5.41) is 3.29. The lowest BCUT2D eigenvalue weighted by Gasteiger charge is -2.23. The van der Waals surface area contributed by atoms with Crippen LogP contribution in [0.3, 0.4) is 0 Å². The molecule has 0 bridgehead atoms. The van der Waals surface area contributed by atoms with E-state index >= 15 is 0 Å². The first-order valence-corrected chi connectivity index (χ1v) is 9.17. The van der Waals surface area contributed by atoms with E-state index in [4.69, 9.17) is 0 Å². The van der Waals surface area contributed by atoms with Crippen LogP contribution in [-0.2, 0) is 10.0 Å². The van der Waals surface area contributed by atoms with Crippen LogP contribution in [0.25, 0.3) is 0 Å². The van der Waals surface area contributed by atoms with E-state index in [1.807, 2.05) is 0 Å². The Labute approximate surface area is 117 Å². The summed E-state index contributed by atoms with van der Waals surface area (Å²) < 4.78 is 26.9. The molecule has 0 aromatic rings. The van der Waals surface area contributed by atoms with Gasteiger partial charge >= 0.3 is 0 Å². The van der Waals surface area contributed by atoms with Gasteiger partial charge in [-0.25, -0.2) is 13.1 Å². The number of hydrogen-bond acceptors (Lipinski definition) is 4. The number of nitrogens with one attached hydrogen (secondary N) is 2. The molecule has 0 radical (unpaired) electrons. The first-order chi connectivity index (χ1) is 9.09. The Morgan fingerprint density at radius 1 is 1.32 bits per heavy atom. The number of nitrogens with zero attached hydrogens (tertiary/aromatic N) is 1. The normalized spacial score (nSPS) is 29.7. The molecule has 0 aliphatic carbocycles. The second-order valence-corrected chi connectivity index (χ2v) is 7.68. The van der Waals surface area contributed by atoms with Gasteiger partial charge in [0.15, 0.2) is 0 Å². The number of piperidine rings is 1. The van der Waals surface area contributed by atoms with Gasteiger partial charge in [0.2, 0.25) is 10.0 Å². The van der Waals surface area contributed by atoms with Crippen molar-refractivity contribution in [1.82, 2.24) is 14.9 Å². The van der Waals surface area contributed by atoms with Gasteiger partial charge in [-0.15, -0.1) is 0 Å². The van der Waals surface area contributed by atoms with Crippen LogP contribution in [0, 0.1) is 5.92 Å². The van der Waals surface area contributed by atoms with Crippen LogP contribution in [0.15, 0.2) is 0 Å². The highest BCUT2D eigenvalue weighted by molar-refractivity contribution is 7.89. The van der Waals surface area contributed by atoms with Gasteiger partial charge in [-0.05, 0) is 44.8 Å². The van der Waals surface area contributed by atoms with Crippen LogP contribution in [-0.4, -0.2) is 57.8 Å². The third kappa shape index (κ3) is 5.02. The van der Waals surface area contributed by atoms with Crippen LogP contribution >= 0.6 is 0 Å². The maximum atomic E-state index is 12.0. The van der Waals surface area contributed by atoms with Crippen molar-refractivity contribution in [2.75, 3.05) is 38.5 Å². The summed E-state index contributed by atoms with van der Waals surface area (Å²) in [6, 6.07) is 0.141. The average Bonchev–Trinajstić information content (AvgIpc) is 2.85. The lowest BCUT2D eigenvalue weighted by Crippen LogP contribution is -2.43. The molecule has 0 amide bonds. The highest BCUT2D eigenvalue weighted by atomic mass is 32.2. The summed E-state index contributed by atoms with van der Waals surface area (Å²) in [6.45, 7) is 6.91. The van der Waals surface area contributed by atoms with E-state index in [0.717, 1.165) is 45.4 Å². The van der Waals surface area contributed by atoms with Crippen molar-refractivity contribution >= 4 is 10.0 Å². The fraction of sp³-hybridized carbons (Fsp3) is 1.00. The molecule has 19 heavy (non-hydrogen) atoms. The predicted octanol–water partition coefficient (Wildman–Crippen LogP) is 0.390. The molecule has 2 unspecified atom stereocenters. The van der Waals surface area contributed by atoms with Crippen molar-refractivity contribution in [3.05, 3.63) is 0 Å². The SMILES string of the molecule is CCN1CCC(CNS(=O)(=O)CC2CCCCN2)C1. The van der Waals surface area contributed by atoms with Gasteiger partial charge in [0.1, 0.15) is 0 Å². The molecule has 6 heteroatoms. The fourth-order valence-corrected chi connectivity index (χ4v) is 4.42. The fourth-order valence-electron chi connectivity index (χ4n) is 3.00. The van der Waals surface area contributed by atoms with Crippen molar-refractivity contribution < 1.29 is 8.42 Å². The number of sulfonamides is 1. The topological polar surface area (TPSA) is 61.4 Å². The molecule has 0 saturated carbocycles. The minimum Gasteiger partial charge on any atom is -0.313 e. The molecule has 2 atom stereocenters. The molecular formula is C13H27N3O2S. The zero-order valence-corrected chi connectivity index (χ0v) is 12.7. The third-order valence-electron chi connectivity index (χ3n) is 4.24. The molecule has 0 spiro atoms. The standard InChI is InChI=1S/C13H27N3O2S/c1-2-16-8-6-12(10-16)9-15-19(17,18)11-13-5-3-4-7-14-13/h12-15H,2-11H2,1H3. The Kier molecular flexibility index (Phi) is 5.62. The number of hydrogen-bond donors (Lipinski definition) is 2. The van der Waals surface area contributed by atoms with E-state index in [2.05, 4.69) is 21.9 Å². The van der Waals surface area contributed by atoms with Crippen molar-refractivity contribution in [3.8, 4) is 0 Å². The largest absolute Gasteiger partial charge is 0.313 e. The monoisotopic (exact) mass is 289 g/mol. The van der Waals surface area contributed by atoms with E-state index in [9.17, 15) is 8.42 Å². The molecule has 2 rings (SSSR count). The van der Waals surface area contributed by atoms with E-state index in [1.54, 1.807) is 0 Å². The Morgan fingerprint density at radius 3 is 2.79 bits per heavy atom. The minimum absolute atomic E-state index is 0.141. The molecule has 2 aliphatic heterocycles. The maximum Gasteiger partial charge on any atom is 0.213 e. The first-order valence-electron chi connectivity index (χ1n) is 7.52. The number of rotatable bonds is 6. The molecule has 0 aromatic carbocycles. The van der Waals surface area contributed by atoms with Gasteiger partial charge in [0.05, 0.1) is 5.75 Å². The maximum absolute atomic E-state index is 12.0. The van der Waals surface area contributed by atoms with Crippen molar-refractivity contribution in [1.29, 1.82) is 0 Å². The Hall–Kier alpha value is -0.170. The highest BCUT2D eigenvalue weighted by Gasteiger charge is 2.25. The summed E-state index contributed by atoms with van der Waals surface area (Å²) in [4.78, 5) is 2.38. The average molecular weight is 289 g/mol. The zero-order chi connectivity index (χ0) is 13.7. The van der Waals surface area contributed by atoms with Crippen LogP contribution in [0.2, 0.25) is 0 Å². The lowest BCUT2D eigenvalue weighted by atomic mass is 10.1. The van der Waals surface area contributed by atoms with E-state index in [1.165, 1.54) is 6.42 Å². The highest BCUT2D eigenvalue weighted by Crippen LogP contribution is 2.15. The number of likely N-dealkylation sites (tertiary alicyclic amines) is 1. The Balaban J connectivity index is 1.71. The molecule has 112 valence electrons. The van der Waals surface area contributed by atoms with Crippen LogP contribution in [0.5, 0.6) is 0 Å². The summed E-state index contributed by atoms with van der Waals surface area (Å²) in [6.07, 6.45) is 4.40.